The zero-order valence-electron chi connectivity index (χ0n) is 10.7. The van der Waals surface area contributed by atoms with Crippen LogP contribution in [0.3, 0.4) is 0 Å². The molecule has 0 aromatic heterocycles. The summed E-state index contributed by atoms with van der Waals surface area (Å²) in [6.07, 6.45) is 0. The highest BCUT2D eigenvalue weighted by Crippen LogP contribution is 2.42. The number of nitrogens with one attached hydrogen (secondary N) is 1. The van der Waals surface area contributed by atoms with Gasteiger partial charge >= 0.3 is 0 Å². The summed E-state index contributed by atoms with van der Waals surface area (Å²) in [4.78, 5) is 27.8. The summed E-state index contributed by atoms with van der Waals surface area (Å²) in [6.45, 7) is 2.73. The number of likely N-dealkylation sites (N-methyl/N-ethyl adjacent to an activating group) is 1. The lowest BCUT2D eigenvalue weighted by Gasteiger charge is -2.43. The van der Waals surface area contributed by atoms with Gasteiger partial charge in [0.25, 0.3) is 5.91 Å². The van der Waals surface area contributed by atoms with Crippen LogP contribution in [0.15, 0.2) is 16.6 Å². The average Bonchev–Trinajstić information content (AvgIpc) is 2.36. The molecule has 19 heavy (non-hydrogen) atoms. The molecule has 0 spiro atoms. The maximum atomic E-state index is 12.4. The topological polar surface area (TPSA) is 52.7 Å². The van der Waals surface area contributed by atoms with Crippen molar-refractivity contribution in [2.45, 2.75) is 13.0 Å². The zero-order valence-corrected chi connectivity index (χ0v) is 12.3. The molecule has 1 aromatic carbocycles. The molecule has 1 N–H and O–H groups in total. The Balaban J connectivity index is 2.24. The van der Waals surface area contributed by atoms with Crippen molar-refractivity contribution in [1.29, 1.82) is 0 Å². The molecule has 1 aromatic rings. The van der Waals surface area contributed by atoms with Gasteiger partial charge in [-0.05, 0) is 40.5 Å². The molecule has 0 aliphatic carbocycles. The molecule has 2 aliphatic heterocycles. The highest BCUT2D eigenvalue weighted by atomic mass is 79.9. The third-order valence-electron chi connectivity index (χ3n) is 3.60. The number of carbonyl (C=O) groups excluding carboxylic acids is 2. The number of piperazine rings is 1. The van der Waals surface area contributed by atoms with Gasteiger partial charge in [-0.3, -0.25) is 14.5 Å². The van der Waals surface area contributed by atoms with Crippen molar-refractivity contribution in [2.75, 3.05) is 29.9 Å². The van der Waals surface area contributed by atoms with Gasteiger partial charge in [-0.15, -0.1) is 0 Å². The number of carbonyl (C=O) groups is 2. The van der Waals surface area contributed by atoms with E-state index in [0.717, 1.165) is 21.4 Å². The van der Waals surface area contributed by atoms with Crippen molar-refractivity contribution >= 4 is 39.1 Å². The minimum Gasteiger partial charge on any atom is -0.312 e. The molecule has 3 rings (SSSR count). The lowest BCUT2D eigenvalue weighted by molar-refractivity contribution is -0.126. The van der Waals surface area contributed by atoms with Crippen LogP contribution in [0.2, 0.25) is 0 Å². The molecule has 100 valence electrons. The van der Waals surface area contributed by atoms with Crippen molar-refractivity contribution in [2.24, 2.45) is 0 Å². The number of hydrogen-bond donors (Lipinski definition) is 1. The van der Waals surface area contributed by atoms with E-state index in [1.807, 2.05) is 19.1 Å². The van der Waals surface area contributed by atoms with Gasteiger partial charge in [0.15, 0.2) is 0 Å². The molecule has 1 atom stereocenters. The van der Waals surface area contributed by atoms with Crippen LogP contribution in [0.4, 0.5) is 11.4 Å². The Morgan fingerprint density at radius 3 is 2.84 bits per heavy atom. The van der Waals surface area contributed by atoms with E-state index in [1.54, 1.807) is 16.8 Å². The Morgan fingerprint density at radius 2 is 2.11 bits per heavy atom. The molecule has 0 saturated carbocycles. The van der Waals surface area contributed by atoms with Crippen molar-refractivity contribution < 1.29 is 9.59 Å². The molecule has 0 radical (unpaired) electrons. The Hall–Kier alpha value is -1.40. The number of aryl methyl sites for hydroxylation is 1. The molecule has 0 bridgehead atoms. The molecule has 6 heteroatoms. The molecular weight excluding hydrogens is 310 g/mol. The molecular formula is C13H14BrN3O2. The lowest BCUT2D eigenvalue weighted by Crippen LogP contribution is -2.63. The van der Waals surface area contributed by atoms with Gasteiger partial charge in [-0.1, -0.05) is 0 Å². The fourth-order valence-corrected chi connectivity index (χ4v) is 3.45. The van der Waals surface area contributed by atoms with Crippen molar-refractivity contribution in [3.05, 3.63) is 22.2 Å². The second kappa shape index (κ2) is 4.31. The maximum Gasteiger partial charge on any atom is 0.251 e. The van der Waals surface area contributed by atoms with Gasteiger partial charge in [0, 0.05) is 18.1 Å². The summed E-state index contributed by atoms with van der Waals surface area (Å²) in [5.74, 6) is -0.117. The second-order valence-corrected chi connectivity index (χ2v) is 5.78. The van der Waals surface area contributed by atoms with Crippen LogP contribution in [-0.4, -0.2) is 38.0 Å². The van der Waals surface area contributed by atoms with Gasteiger partial charge in [0.1, 0.15) is 6.04 Å². The Morgan fingerprint density at radius 1 is 1.37 bits per heavy atom. The summed E-state index contributed by atoms with van der Waals surface area (Å²) < 4.78 is 0.849. The molecule has 1 unspecified atom stereocenters. The lowest BCUT2D eigenvalue weighted by atomic mass is 10.0. The van der Waals surface area contributed by atoms with Crippen molar-refractivity contribution in [1.82, 2.24) is 5.32 Å². The number of anilines is 2. The van der Waals surface area contributed by atoms with E-state index in [4.69, 9.17) is 0 Å². The van der Waals surface area contributed by atoms with Crippen molar-refractivity contribution in [3.8, 4) is 0 Å². The predicted molar refractivity (Wildman–Crippen MR) is 76.4 cm³/mol. The number of benzene rings is 1. The zero-order chi connectivity index (χ0) is 13.7. The van der Waals surface area contributed by atoms with Crippen molar-refractivity contribution in [3.63, 3.8) is 0 Å². The van der Waals surface area contributed by atoms with Crippen LogP contribution < -0.4 is 15.1 Å². The van der Waals surface area contributed by atoms with Crippen LogP contribution in [0.25, 0.3) is 0 Å². The number of hydrogen-bond acceptors (Lipinski definition) is 3. The summed E-state index contributed by atoms with van der Waals surface area (Å²) in [5.41, 5.74) is 2.62. The Kier molecular flexibility index (Phi) is 2.87. The Labute approximate surface area is 119 Å². The number of amides is 2. The average molecular weight is 324 g/mol. The summed E-state index contributed by atoms with van der Waals surface area (Å²) >= 11 is 3.52. The van der Waals surface area contributed by atoms with Crippen LogP contribution in [0.1, 0.15) is 5.56 Å². The van der Waals surface area contributed by atoms with Gasteiger partial charge in [0.05, 0.1) is 17.9 Å². The van der Waals surface area contributed by atoms with E-state index in [1.165, 1.54) is 0 Å². The first-order valence-electron chi connectivity index (χ1n) is 6.11. The summed E-state index contributed by atoms with van der Waals surface area (Å²) in [5, 5.41) is 2.99. The molecule has 2 aliphatic rings. The first kappa shape index (κ1) is 12.6. The van der Waals surface area contributed by atoms with E-state index >= 15 is 0 Å². The highest BCUT2D eigenvalue weighted by Gasteiger charge is 2.42. The maximum absolute atomic E-state index is 12.4. The van der Waals surface area contributed by atoms with Gasteiger partial charge < -0.3 is 10.2 Å². The van der Waals surface area contributed by atoms with Crippen LogP contribution in [0.5, 0.6) is 0 Å². The third-order valence-corrected chi connectivity index (χ3v) is 4.20. The number of halogens is 1. The molecule has 1 saturated heterocycles. The highest BCUT2D eigenvalue weighted by molar-refractivity contribution is 9.10. The van der Waals surface area contributed by atoms with E-state index in [-0.39, 0.29) is 18.4 Å². The fraction of sp³-hybridized carbons (Fsp3) is 0.385. The van der Waals surface area contributed by atoms with E-state index in [9.17, 15) is 9.59 Å². The first-order valence-corrected chi connectivity index (χ1v) is 6.90. The fourth-order valence-electron chi connectivity index (χ4n) is 2.70. The minimum absolute atomic E-state index is 0.0504. The molecule has 2 amide bonds. The minimum atomic E-state index is -0.447. The second-order valence-electron chi connectivity index (χ2n) is 4.92. The van der Waals surface area contributed by atoms with Crippen LogP contribution in [-0.2, 0) is 9.59 Å². The summed E-state index contributed by atoms with van der Waals surface area (Å²) in [6, 6.07) is 3.45. The largest absolute Gasteiger partial charge is 0.312 e. The molecule has 2 heterocycles. The van der Waals surface area contributed by atoms with E-state index in [2.05, 4.69) is 21.2 Å². The predicted octanol–water partition coefficient (Wildman–Crippen LogP) is 1.04. The molecule has 5 nitrogen and oxygen atoms in total. The van der Waals surface area contributed by atoms with Crippen LogP contribution >= 0.6 is 15.9 Å². The van der Waals surface area contributed by atoms with Gasteiger partial charge in [-0.2, -0.15) is 0 Å². The third kappa shape index (κ3) is 1.78. The molecule has 1 fully saturated rings. The van der Waals surface area contributed by atoms with E-state index in [0.29, 0.717) is 6.54 Å². The standard InChI is InChI=1S/C13H14BrN3O2/c1-7-3-8(14)12-9(4-7)16(2)13(19)10-5-15-6-11(18)17(10)12/h3-4,10,15H,5-6H2,1-2H3. The monoisotopic (exact) mass is 323 g/mol. The van der Waals surface area contributed by atoms with Gasteiger partial charge in [-0.25, -0.2) is 0 Å². The quantitative estimate of drug-likeness (QED) is 0.776. The van der Waals surface area contributed by atoms with Gasteiger partial charge in [0.2, 0.25) is 5.91 Å². The Bertz CT molecular complexity index is 587. The SMILES string of the molecule is Cc1cc(Br)c2c(c1)N(C)C(=O)C1CNCC(=O)N21. The van der Waals surface area contributed by atoms with E-state index < -0.39 is 6.04 Å². The smallest absolute Gasteiger partial charge is 0.251 e. The first-order chi connectivity index (χ1) is 9.00. The number of fused-ring (bicyclic) bond motifs is 3. The number of rotatable bonds is 0. The summed E-state index contributed by atoms with van der Waals surface area (Å²) in [7, 11) is 1.75. The van der Waals surface area contributed by atoms with Crippen LogP contribution in [0, 0.1) is 6.92 Å². The normalized spacial score (nSPS) is 22.4. The number of nitrogens with zero attached hydrogens (tertiary/aromatic N) is 2.